The van der Waals surface area contributed by atoms with Crippen molar-refractivity contribution in [3.8, 4) is 0 Å². The van der Waals surface area contributed by atoms with E-state index in [-0.39, 0.29) is 11.9 Å². The fourth-order valence-electron chi connectivity index (χ4n) is 2.39. The number of H-pyrrole nitrogens is 1. The molecule has 1 aromatic heterocycles. The summed E-state index contributed by atoms with van der Waals surface area (Å²) in [5.41, 5.74) is 2.04. The smallest absolute Gasteiger partial charge is 0.191 e. The van der Waals surface area contributed by atoms with Gasteiger partial charge in [-0.25, -0.2) is 4.39 Å². The van der Waals surface area contributed by atoms with Crippen LogP contribution in [0, 0.1) is 5.82 Å². The highest BCUT2D eigenvalue weighted by molar-refractivity contribution is 5.83. The SMILES string of the molecule is CN=C(NCCc1c[nH]c2ccc(F)cc12)NC(C)COC. The summed E-state index contributed by atoms with van der Waals surface area (Å²) in [6.45, 7) is 3.35. The number of aliphatic imine (C=N–C) groups is 1. The van der Waals surface area contributed by atoms with Crippen molar-refractivity contribution in [1.29, 1.82) is 0 Å². The number of halogens is 1. The van der Waals surface area contributed by atoms with Crippen molar-refractivity contribution in [3.63, 3.8) is 0 Å². The topological polar surface area (TPSA) is 61.4 Å². The molecule has 0 amide bonds. The van der Waals surface area contributed by atoms with E-state index in [1.54, 1.807) is 26.3 Å². The first-order valence-electron chi connectivity index (χ1n) is 7.35. The number of nitrogens with one attached hydrogen (secondary N) is 3. The highest BCUT2D eigenvalue weighted by Gasteiger charge is 2.07. The number of ether oxygens (including phenoxy) is 1. The van der Waals surface area contributed by atoms with E-state index >= 15 is 0 Å². The van der Waals surface area contributed by atoms with Crippen LogP contribution in [0.15, 0.2) is 29.4 Å². The van der Waals surface area contributed by atoms with Crippen molar-refractivity contribution in [2.45, 2.75) is 19.4 Å². The van der Waals surface area contributed by atoms with E-state index in [0.29, 0.717) is 13.2 Å². The summed E-state index contributed by atoms with van der Waals surface area (Å²) in [6.07, 6.45) is 2.71. The normalized spacial score (nSPS) is 13.4. The van der Waals surface area contributed by atoms with Gasteiger partial charge in [-0.05, 0) is 37.1 Å². The molecule has 0 aliphatic heterocycles. The lowest BCUT2D eigenvalue weighted by atomic mass is 10.1. The maximum absolute atomic E-state index is 13.3. The van der Waals surface area contributed by atoms with E-state index in [0.717, 1.165) is 28.8 Å². The number of rotatable bonds is 6. The second-order valence-electron chi connectivity index (χ2n) is 5.25. The lowest BCUT2D eigenvalue weighted by Crippen LogP contribution is -2.44. The van der Waals surface area contributed by atoms with Crippen LogP contribution in [0.3, 0.4) is 0 Å². The number of benzene rings is 1. The zero-order chi connectivity index (χ0) is 15.9. The van der Waals surface area contributed by atoms with Gasteiger partial charge >= 0.3 is 0 Å². The van der Waals surface area contributed by atoms with Crippen LogP contribution in [-0.4, -0.2) is 44.3 Å². The minimum Gasteiger partial charge on any atom is -0.383 e. The first kappa shape index (κ1) is 16.3. The molecule has 1 atom stereocenters. The van der Waals surface area contributed by atoms with Gasteiger partial charge in [0.2, 0.25) is 0 Å². The number of hydrogen-bond acceptors (Lipinski definition) is 2. The Balaban J connectivity index is 1.90. The van der Waals surface area contributed by atoms with Crippen LogP contribution >= 0.6 is 0 Å². The van der Waals surface area contributed by atoms with Crippen molar-refractivity contribution >= 4 is 16.9 Å². The molecule has 1 unspecified atom stereocenters. The summed E-state index contributed by atoms with van der Waals surface area (Å²) < 4.78 is 18.4. The van der Waals surface area contributed by atoms with Crippen molar-refractivity contribution in [2.75, 3.05) is 27.3 Å². The molecule has 0 saturated carbocycles. The first-order chi connectivity index (χ1) is 10.6. The van der Waals surface area contributed by atoms with Gasteiger partial charge in [-0.15, -0.1) is 0 Å². The van der Waals surface area contributed by atoms with E-state index in [1.807, 2.05) is 13.1 Å². The molecule has 5 nitrogen and oxygen atoms in total. The zero-order valence-corrected chi connectivity index (χ0v) is 13.2. The third-order valence-corrected chi connectivity index (χ3v) is 3.44. The Bertz CT molecular complexity index is 638. The molecule has 0 bridgehead atoms. The molecule has 2 rings (SSSR count). The van der Waals surface area contributed by atoms with Crippen LogP contribution in [0.5, 0.6) is 0 Å². The highest BCUT2D eigenvalue weighted by Crippen LogP contribution is 2.19. The van der Waals surface area contributed by atoms with E-state index in [1.165, 1.54) is 6.07 Å². The van der Waals surface area contributed by atoms with Crippen LogP contribution in [-0.2, 0) is 11.2 Å². The van der Waals surface area contributed by atoms with Crippen LogP contribution < -0.4 is 10.6 Å². The van der Waals surface area contributed by atoms with Gasteiger partial charge in [0.25, 0.3) is 0 Å². The van der Waals surface area contributed by atoms with Gasteiger partial charge in [-0.3, -0.25) is 4.99 Å². The summed E-state index contributed by atoms with van der Waals surface area (Å²) in [6, 6.07) is 4.96. The highest BCUT2D eigenvalue weighted by atomic mass is 19.1. The van der Waals surface area contributed by atoms with Crippen molar-refractivity contribution in [3.05, 3.63) is 35.8 Å². The molecule has 0 spiro atoms. The van der Waals surface area contributed by atoms with E-state index in [9.17, 15) is 4.39 Å². The number of fused-ring (bicyclic) bond motifs is 1. The number of aromatic amines is 1. The maximum atomic E-state index is 13.3. The molecular weight excluding hydrogens is 283 g/mol. The zero-order valence-electron chi connectivity index (χ0n) is 13.2. The van der Waals surface area contributed by atoms with Gasteiger partial charge in [0.15, 0.2) is 5.96 Å². The van der Waals surface area contributed by atoms with Gasteiger partial charge in [-0.2, -0.15) is 0 Å². The molecule has 0 fully saturated rings. The Hall–Kier alpha value is -2.08. The Labute approximate surface area is 130 Å². The van der Waals surface area contributed by atoms with Gasteiger partial charge in [0.05, 0.1) is 6.61 Å². The fraction of sp³-hybridized carbons (Fsp3) is 0.438. The lowest BCUT2D eigenvalue weighted by Gasteiger charge is -2.17. The largest absolute Gasteiger partial charge is 0.383 e. The standard InChI is InChI=1S/C16H23FN4O/c1-11(10-22-3)21-16(18-2)19-7-6-12-9-20-15-5-4-13(17)8-14(12)15/h4-5,8-9,11,20H,6-7,10H2,1-3H3,(H2,18,19,21). The number of hydrogen-bond donors (Lipinski definition) is 3. The molecule has 2 aromatic rings. The number of aromatic nitrogens is 1. The van der Waals surface area contributed by atoms with Crippen LogP contribution in [0.4, 0.5) is 4.39 Å². The third kappa shape index (κ3) is 4.21. The molecule has 6 heteroatoms. The lowest BCUT2D eigenvalue weighted by molar-refractivity contribution is 0.179. The maximum Gasteiger partial charge on any atom is 0.191 e. The average Bonchev–Trinajstić information content (AvgIpc) is 2.89. The van der Waals surface area contributed by atoms with Crippen molar-refractivity contribution < 1.29 is 9.13 Å². The average molecular weight is 306 g/mol. The predicted octanol–water partition coefficient (Wildman–Crippen LogP) is 2.05. The summed E-state index contributed by atoms with van der Waals surface area (Å²) in [4.78, 5) is 7.34. The Morgan fingerprint density at radius 1 is 1.45 bits per heavy atom. The Kier molecular flexibility index (Phi) is 5.77. The third-order valence-electron chi connectivity index (χ3n) is 3.44. The molecule has 22 heavy (non-hydrogen) atoms. The molecule has 0 radical (unpaired) electrons. The monoisotopic (exact) mass is 306 g/mol. The van der Waals surface area contributed by atoms with Crippen LogP contribution in [0.25, 0.3) is 10.9 Å². The predicted molar refractivity (Wildman–Crippen MR) is 87.8 cm³/mol. The van der Waals surface area contributed by atoms with Crippen LogP contribution in [0.1, 0.15) is 12.5 Å². The second-order valence-corrected chi connectivity index (χ2v) is 5.25. The number of methoxy groups -OCH3 is 1. The van der Waals surface area contributed by atoms with Gasteiger partial charge in [0, 0.05) is 43.8 Å². The molecule has 120 valence electrons. The quantitative estimate of drug-likeness (QED) is 0.565. The van der Waals surface area contributed by atoms with Gasteiger partial charge < -0.3 is 20.4 Å². The van der Waals surface area contributed by atoms with E-state index < -0.39 is 0 Å². The second kappa shape index (κ2) is 7.79. The molecule has 3 N–H and O–H groups in total. The molecule has 1 heterocycles. The Morgan fingerprint density at radius 3 is 3.00 bits per heavy atom. The van der Waals surface area contributed by atoms with Crippen molar-refractivity contribution in [2.24, 2.45) is 4.99 Å². The molecule has 0 aliphatic carbocycles. The van der Waals surface area contributed by atoms with Gasteiger partial charge in [0.1, 0.15) is 5.82 Å². The molecule has 1 aromatic carbocycles. The number of nitrogens with zero attached hydrogens (tertiary/aromatic N) is 1. The summed E-state index contributed by atoms with van der Waals surface area (Å²) in [7, 11) is 3.40. The number of guanidine groups is 1. The minimum absolute atomic E-state index is 0.179. The minimum atomic E-state index is -0.216. The van der Waals surface area contributed by atoms with E-state index in [4.69, 9.17) is 4.74 Å². The van der Waals surface area contributed by atoms with Crippen LogP contribution in [0.2, 0.25) is 0 Å². The fourth-order valence-corrected chi connectivity index (χ4v) is 2.39. The molecular formula is C16H23FN4O. The molecule has 0 aliphatic rings. The summed E-state index contributed by atoms with van der Waals surface area (Å²) in [5, 5.41) is 7.42. The summed E-state index contributed by atoms with van der Waals surface area (Å²) in [5.74, 6) is 0.516. The Morgan fingerprint density at radius 2 is 2.27 bits per heavy atom. The van der Waals surface area contributed by atoms with Gasteiger partial charge in [-0.1, -0.05) is 0 Å². The molecule has 0 saturated heterocycles. The first-order valence-corrected chi connectivity index (χ1v) is 7.35. The van der Waals surface area contributed by atoms with Crippen molar-refractivity contribution in [1.82, 2.24) is 15.6 Å². The summed E-state index contributed by atoms with van der Waals surface area (Å²) >= 11 is 0. The van der Waals surface area contributed by atoms with E-state index in [2.05, 4.69) is 20.6 Å².